The van der Waals surface area contributed by atoms with Crippen LogP contribution in [0.2, 0.25) is 0 Å². The number of nitrogens with zero attached hydrogens (tertiary/aromatic N) is 1. The summed E-state index contributed by atoms with van der Waals surface area (Å²) in [5.41, 5.74) is 5.99. The minimum Gasteiger partial charge on any atom is -0.450 e. The Labute approximate surface area is 109 Å². The summed E-state index contributed by atoms with van der Waals surface area (Å²) in [6.45, 7) is 8.90. The van der Waals surface area contributed by atoms with Crippen molar-refractivity contribution in [1.29, 1.82) is 0 Å². The predicted octanol–water partition coefficient (Wildman–Crippen LogP) is 2.01. The lowest BCUT2D eigenvalue weighted by molar-refractivity contribution is 0.0869. The molecule has 0 spiro atoms. The number of rotatable bonds is 2. The molecule has 2 aliphatic rings. The molecule has 1 aliphatic carbocycles. The highest BCUT2D eigenvalue weighted by atomic mass is 16.6. The molecule has 18 heavy (non-hydrogen) atoms. The van der Waals surface area contributed by atoms with Gasteiger partial charge < -0.3 is 15.4 Å². The van der Waals surface area contributed by atoms with E-state index in [-0.39, 0.29) is 16.9 Å². The summed E-state index contributed by atoms with van der Waals surface area (Å²) in [5.74, 6) is 0.437. The van der Waals surface area contributed by atoms with E-state index in [1.807, 2.05) is 11.8 Å². The average molecular weight is 252 g/mol. The van der Waals surface area contributed by atoms with Crippen LogP contribution in [0.3, 0.4) is 0 Å². The Morgan fingerprint density at radius 1 is 1.50 bits per heavy atom. The van der Waals surface area contributed by atoms with E-state index < -0.39 is 0 Å². The molecule has 1 aliphatic heterocycles. The van der Waals surface area contributed by atoms with Crippen LogP contribution < -0.4 is 5.73 Å². The van der Waals surface area contributed by atoms with Gasteiger partial charge in [-0.15, -0.1) is 0 Å². The SMILES string of the molecule is CCOC(=O)N1C[C@]2(C)C=CC[C@@H](CN)[C@]2(C)C1. The summed E-state index contributed by atoms with van der Waals surface area (Å²) in [7, 11) is 0. The molecule has 0 aromatic heterocycles. The zero-order valence-corrected chi connectivity index (χ0v) is 11.6. The average Bonchev–Trinajstić information content (AvgIpc) is 2.61. The number of ether oxygens (including phenoxy) is 1. The molecule has 102 valence electrons. The molecule has 0 unspecified atom stereocenters. The number of hydrogen-bond donors (Lipinski definition) is 1. The number of carbonyl (C=O) groups excluding carboxylic acids is 1. The molecule has 2 N–H and O–H groups in total. The standard InChI is InChI=1S/C14H24N2O2/c1-4-18-12(17)16-9-13(2)7-5-6-11(8-15)14(13,3)10-16/h5,7,11H,4,6,8-10,15H2,1-3H3/t11-,13-,14-/m0/s1. The van der Waals surface area contributed by atoms with E-state index in [9.17, 15) is 4.79 Å². The van der Waals surface area contributed by atoms with Crippen molar-refractivity contribution in [2.75, 3.05) is 26.2 Å². The number of carbonyl (C=O) groups is 1. The van der Waals surface area contributed by atoms with E-state index >= 15 is 0 Å². The number of fused-ring (bicyclic) bond motifs is 1. The summed E-state index contributed by atoms with van der Waals surface area (Å²) in [6, 6.07) is 0. The van der Waals surface area contributed by atoms with Gasteiger partial charge in [0.25, 0.3) is 0 Å². The zero-order chi connectivity index (χ0) is 13.4. The molecule has 0 aromatic carbocycles. The molecule has 1 amide bonds. The maximum atomic E-state index is 11.9. The highest BCUT2D eigenvalue weighted by Gasteiger charge is 2.56. The number of hydrogen-bond acceptors (Lipinski definition) is 3. The van der Waals surface area contributed by atoms with Gasteiger partial charge in [0.2, 0.25) is 0 Å². The zero-order valence-electron chi connectivity index (χ0n) is 11.6. The molecule has 1 heterocycles. The number of likely N-dealkylation sites (tertiary alicyclic amines) is 1. The quantitative estimate of drug-likeness (QED) is 0.765. The molecular weight excluding hydrogens is 228 g/mol. The van der Waals surface area contributed by atoms with Gasteiger partial charge in [-0.2, -0.15) is 0 Å². The highest BCUT2D eigenvalue weighted by molar-refractivity contribution is 5.68. The summed E-state index contributed by atoms with van der Waals surface area (Å²) >= 11 is 0. The van der Waals surface area contributed by atoms with E-state index in [2.05, 4.69) is 26.0 Å². The minimum absolute atomic E-state index is 0.0159. The topological polar surface area (TPSA) is 55.6 Å². The van der Waals surface area contributed by atoms with Gasteiger partial charge in [0.1, 0.15) is 0 Å². The molecule has 3 atom stereocenters. The molecule has 2 rings (SSSR count). The van der Waals surface area contributed by atoms with Crippen LogP contribution in [0.15, 0.2) is 12.2 Å². The van der Waals surface area contributed by atoms with Crippen LogP contribution >= 0.6 is 0 Å². The maximum Gasteiger partial charge on any atom is 0.409 e. The van der Waals surface area contributed by atoms with E-state index in [1.54, 1.807) is 0 Å². The largest absolute Gasteiger partial charge is 0.450 e. The van der Waals surface area contributed by atoms with Crippen molar-refractivity contribution in [2.24, 2.45) is 22.5 Å². The van der Waals surface area contributed by atoms with Crippen LogP contribution in [0.25, 0.3) is 0 Å². The first-order valence-corrected chi connectivity index (χ1v) is 6.76. The molecule has 4 nitrogen and oxygen atoms in total. The van der Waals surface area contributed by atoms with E-state index in [0.29, 0.717) is 19.1 Å². The molecule has 0 bridgehead atoms. The van der Waals surface area contributed by atoms with E-state index in [1.165, 1.54) is 0 Å². The molecule has 0 radical (unpaired) electrons. The Morgan fingerprint density at radius 2 is 2.22 bits per heavy atom. The summed E-state index contributed by atoms with van der Waals surface area (Å²) in [6.07, 6.45) is 5.30. The predicted molar refractivity (Wildman–Crippen MR) is 71.1 cm³/mol. The van der Waals surface area contributed by atoms with E-state index in [4.69, 9.17) is 10.5 Å². The smallest absolute Gasteiger partial charge is 0.409 e. The maximum absolute atomic E-state index is 11.9. The van der Waals surface area contributed by atoms with Crippen LogP contribution in [0, 0.1) is 16.7 Å². The van der Waals surface area contributed by atoms with Gasteiger partial charge in [-0.1, -0.05) is 26.0 Å². The minimum atomic E-state index is -0.196. The first-order chi connectivity index (χ1) is 8.47. The molecular formula is C14H24N2O2. The lowest BCUT2D eigenvalue weighted by Gasteiger charge is -2.46. The monoisotopic (exact) mass is 252 g/mol. The van der Waals surface area contributed by atoms with Gasteiger partial charge in [-0.25, -0.2) is 4.79 Å². The van der Waals surface area contributed by atoms with Crippen molar-refractivity contribution < 1.29 is 9.53 Å². The highest BCUT2D eigenvalue weighted by Crippen LogP contribution is 2.55. The van der Waals surface area contributed by atoms with Gasteiger partial charge in [0, 0.05) is 23.9 Å². The number of amides is 1. The Morgan fingerprint density at radius 3 is 2.83 bits per heavy atom. The second-order valence-electron chi connectivity index (χ2n) is 5.96. The Bertz CT molecular complexity index is 369. The van der Waals surface area contributed by atoms with Crippen molar-refractivity contribution in [3.63, 3.8) is 0 Å². The Balaban J connectivity index is 2.24. The first-order valence-electron chi connectivity index (χ1n) is 6.76. The van der Waals surface area contributed by atoms with Gasteiger partial charge >= 0.3 is 6.09 Å². The van der Waals surface area contributed by atoms with Crippen molar-refractivity contribution in [3.05, 3.63) is 12.2 Å². The lowest BCUT2D eigenvalue weighted by atomic mass is 9.58. The summed E-state index contributed by atoms with van der Waals surface area (Å²) in [4.78, 5) is 13.8. The van der Waals surface area contributed by atoms with E-state index in [0.717, 1.165) is 19.5 Å². The number of nitrogens with two attached hydrogens (primary N) is 1. The molecule has 1 saturated heterocycles. The van der Waals surface area contributed by atoms with Crippen molar-refractivity contribution in [2.45, 2.75) is 27.2 Å². The van der Waals surface area contributed by atoms with Crippen molar-refractivity contribution in [3.8, 4) is 0 Å². The fourth-order valence-corrected chi connectivity index (χ4v) is 3.50. The fourth-order valence-electron chi connectivity index (χ4n) is 3.50. The van der Waals surface area contributed by atoms with Crippen LogP contribution in [-0.4, -0.2) is 37.2 Å². The van der Waals surface area contributed by atoms with Crippen LogP contribution in [-0.2, 0) is 4.74 Å². The van der Waals surface area contributed by atoms with Crippen molar-refractivity contribution in [1.82, 2.24) is 4.90 Å². The third-order valence-corrected chi connectivity index (χ3v) is 4.96. The lowest BCUT2D eigenvalue weighted by Crippen LogP contribution is -2.46. The normalized spacial score (nSPS) is 38.7. The molecule has 4 heteroatoms. The van der Waals surface area contributed by atoms with Crippen molar-refractivity contribution >= 4 is 6.09 Å². The molecule has 0 aromatic rings. The van der Waals surface area contributed by atoms with Crippen LogP contribution in [0.4, 0.5) is 4.79 Å². The summed E-state index contributed by atoms with van der Waals surface area (Å²) in [5, 5.41) is 0. The second kappa shape index (κ2) is 4.57. The van der Waals surface area contributed by atoms with Gasteiger partial charge in [-0.05, 0) is 25.8 Å². The van der Waals surface area contributed by atoms with Gasteiger partial charge in [0.15, 0.2) is 0 Å². The summed E-state index contributed by atoms with van der Waals surface area (Å²) < 4.78 is 5.12. The van der Waals surface area contributed by atoms with Crippen LogP contribution in [0.1, 0.15) is 27.2 Å². The Kier molecular flexibility index (Phi) is 3.41. The first kappa shape index (κ1) is 13.4. The molecule has 1 fully saturated rings. The van der Waals surface area contributed by atoms with Crippen LogP contribution in [0.5, 0.6) is 0 Å². The van der Waals surface area contributed by atoms with Gasteiger partial charge in [-0.3, -0.25) is 0 Å². The third kappa shape index (κ3) is 1.83. The molecule has 0 saturated carbocycles. The van der Waals surface area contributed by atoms with Gasteiger partial charge in [0.05, 0.1) is 6.61 Å². The fraction of sp³-hybridized carbons (Fsp3) is 0.786. The Hall–Kier alpha value is -1.03. The number of allylic oxidation sites excluding steroid dienone is 1. The second-order valence-corrected chi connectivity index (χ2v) is 5.96. The third-order valence-electron chi connectivity index (χ3n) is 4.96.